The van der Waals surface area contributed by atoms with Crippen LogP contribution in [0.1, 0.15) is 17.7 Å². The Kier molecular flexibility index (Phi) is 4.87. The molecule has 0 aliphatic heterocycles. The molecule has 0 saturated heterocycles. The fraction of sp³-hybridized carbons (Fsp3) is 0.211. The summed E-state index contributed by atoms with van der Waals surface area (Å²) in [5.74, 6) is 0.861. The van der Waals surface area contributed by atoms with E-state index in [2.05, 4.69) is 16.4 Å². The molecule has 0 N–H and O–H groups in total. The first-order chi connectivity index (χ1) is 11.8. The fourth-order valence-electron chi connectivity index (χ4n) is 2.47. The van der Waals surface area contributed by atoms with Crippen molar-refractivity contribution in [3.05, 3.63) is 65.9 Å². The van der Waals surface area contributed by atoms with E-state index in [1.807, 2.05) is 61.5 Å². The summed E-state index contributed by atoms with van der Waals surface area (Å²) in [6.07, 6.45) is 0.780. The lowest BCUT2D eigenvalue weighted by molar-refractivity contribution is 0.298. The standard InChI is InChI=1S/C19H18N4O/c1-15-8-10-17(11-9-15)24-13-5-12-23-19(18(14-20)21-22-23)16-6-3-2-4-7-16/h2-4,6-11H,5,12-13H2,1H3. The van der Waals surface area contributed by atoms with Crippen LogP contribution in [0, 0.1) is 18.3 Å². The summed E-state index contributed by atoms with van der Waals surface area (Å²) in [6.45, 7) is 3.27. The normalized spacial score (nSPS) is 10.3. The molecule has 0 aliphatic carbocycles. The second kappa shape index (κ2) is 7.42. The van der Waals surface area contributed by atoms with Gasteiger partial charge in [0.1, 0.15) is 17.5 Å². The van der Waals surface area contributed by atoms with Crippen molar-refractivity contribution in [1.82, 2.24) is 15.0 Å². The molecular formula is C19H18N4O. The first-order valence-electron chi connectivity index (χ1n) is 7.86. The van der Waals surface area contributed by atoms with Crippen LogP contribution < -0.4 is 4.74 Å². The molecule has 0 fully saturated rings. The number of nitrogens with zero attached hydrogens (tertiary/aromatic N) is 4. The number of hydrogen-bond acceptors (Lipinski definition) is 4. The van der Waals surface area contributed by atoms with Gasteiger partial charge in [0.25, 0.3) is 0 Å². The molecule has 120 valence electrons. The molecule has 5 heteroatoms. The Labute approximate surface area is 141 Å². The molecule has 3 rings (SSSR count). The summed E-state index contributed by atoms with van der Waals surface area (Å²) in [4.78, 5) is 0. The highest BCUT2D eigenvalue weighted by Crippen LogP contribution is 2.21. The third kappa shape index (κ3) is 3.61. The Balaban J connectivity index is 1.65. The summed E-state index contributed by atoms with van der Waals surface area (Å²) in [7, 11) is 0. The van der Waals surface area contributed by atoms with Crippen LogP contribution in [0.3, 0.4) is 0 Å². The predicted octanol–water partition coefficient (Wildman–Crippen LogP) is 3.59. The Bertz CT molecular complexity index is 832. The number of rotatable bonds is 6. The van der Waals surface area contributed by atoms with Crippen molar-refractivity contribution in [1.29, 1.82) is 5.26 Å². The van der Waals surface area contributed by atoms with Crippen LogP contribution in [-0.2, 0) is 6.54 Å². The highest BCUT2D eigenvalue weighted by Gasteiger charge is 2.14. The fourth-order valence-corrected chi connectivity index (χ4v) is 2.47. The molecule has 1 heterocycles. The van der Waals surface area contributed by atoms with E-state index in [-0.39, 0.29) is 0 Å². The van der Waals surface area contributed by atoms with Gasteiger partial charge in [0.05, 0.1) is 6.61 Å². The molecule has 1 aromatic heterocycles. The van der Waals surface area contributed by atoms with E-state index in [9.17, 15) is 5.26 Å². The molecular weight excluding hydrogens is 300 g/mol. The smallest absolute Gasteiger partial charge is 0.190 e. The van der Waals surface area contributed by atoms with Crippen LogP contribution in [0.15, 0.2) is 54.6 Å². The van der Waals surface area contributed by atoms with E-state index < -0.39 is 0 Å². The molecule has 0 spiro atoms. The van der Waals surface area contributed by atoms with E-state index in [0.29, 0.717) is 18.8 Å². The van der Waals surface area contributed by atoms with Gasteiger partial charge >= 0.3 is 0 Å². The van der Waals surface area contributed by atoms with Crippen molar-refractivity contribution in [2.45, 2.75) is 19.9 Å². The number of hydrogen-bond donors (Lipinski definition) is 0. The van der Waals surface area contributed by atoms with Crippen molar-refractivity contribution in [3.63, 3.8) is 0 Å². The molecule has 0 amide bonds. The van der Waals surface area contributed by atoms with Crippen molar-refractivity contribution >= 4 is 0 Å². The maximum atomic E-state index is 9.25. The number of nitriles is 1. The third-order valence-electron chi connectivity index (χ3n) is 3.69. The number of aromatic nitrogens is 3. The van der Waals surface area contributed by atoms with Crippen LogP contribution in [0.4, 0.5) is 0 Å². The predicted molar refractivity (Wildman–Crippen MR) is 91.5 cm³/mol. The maximum absolute atomic E-state index is 9.25. The number of benzene rings is 2. The van der Waals surface area contributed by atoms with Crippen molar-refractivity contribution in [2.24, 2.45) is 0 Å². The lowest BCUT2D eigenvalue weighted by Gasteiger charge is -2.08. The zero-order chi connectivity index (χ0) is 16.8. The summed E-state index contributed by atoms with van der Waals surface area (Å²) >= 11 is 0. The van der Waals surface area contributed by atoms with Gasteiger partial charge in [0.2, 0.25) is 0 Å². The second-order valence-corrected chi connectivity index (χ2v) is 5.50. The van der Waals surface area contributed by atoms with E-state index >= 15 is 0 Å². The van der Waals surface area contributed by atoms with Crippen molar-refractivity contribution in [3.8, 4) is 23.1 Å². The van der Waals surface area contributed by atoms with Gasteiger partial charge in [-0.05, 0) is 19.1 Å². The molecule has 0 unspecified atom stereocenters. The van der Waals surface area contributed by atoms with E-state index in [1.165, 1.54) is 5.56 Å². The van der Waals surface area contributed by atoms with Gasteiger partial charge in [0.15, 0.2) is 5.69 Å². The molecule has 0 atom stereocenters. The van der Waals surface area contributed by atoms with Gasteiger partial charge in [-0.2, -0.15) is 5.26 Å². The van der Waals surface area contributed by atoms with Crippen LogP contribution >= 0.6 is 0 Å². The first kappa shape index (κ1) is 15.8. The van der Waals surface area contributed by atoms with Crippen LogP contribution in [0.2, 0.25) is 0 Å². The zero-order valence-electron chi connectivity index (χ0n) is 13.5. The molecule has 5 nitrogen and oxygen atoms in total. The largest absolute Gasteiger partial charge is 0.494 e. The Morgan fingerprint density at radius 2 is 1.83 bits per heavy atom. The van der Waals surface area contributed by atoms with Gasteiger partial charge < -0.3 is 4.74 Å². The van der Waals surface area contributed by atoms with Crippen molar-refractivity contribution in [2.75, 3.05) is 6.61 Å². The maximum Gasteiger partial charge on any atom is 0.190 e. The summed E-state index contributed by atoms with van der Waals surface area (Å²) in [5, 5.41) is 17.3. The minimum Gasteiger partial charge on any atom is -0.494 e. The molecule has 0 bridgehead atoms. The Morgan fingerprint density at radius 3 is 2.54 bits per heavy atom. The van der Waals surface area contributed by atoms with Gasteiger partial charge in [-0.1, -0.05) is 53.2 Å². The average molecular weight is 318 g/mol. The number of aryl methyl sites for hydroxylation is 2. The Hall–Kier alpha value is -3.13. The van der Waals surface area contributed by atoms with E-state index in [1.54, 1.807) is 4.68 Å². The molecule has 2 aromatic carbocycles. The molecule has 0 aliphatic rings. The zero-order valence-corrected chi connectivity index (χ0v) is 13.5. The molecule has 0 saturated carbocycles. The van der Waals surface area contributed by atoms with E-state index in [0.717, 1.165) is 23.4 Å². The van der Waals surface area contributed by atoms with Crippen molar-refractivity contribution < 1.29 is 4.74 Å². The molecule has 0 radical (unpaired) electrons. The molecule has 3 aromatic rings. The van der Waals surface area contributed by atoms with Gasteiger partial charge in [-0.25, -0.2) is 4.68 Å². The van der Waals surface area contributed by atoms with Crippen LogP contribution in [0.25, 0.3) is 11.3 Å². The van der Waals surface area contributed by atoms with Gasteiger partial charge in [0, 0.05) is 18.5 Å². The SMILES string of the molecule is Cc1ccc(OCCCn2nnc(C#N)c2-c2ccccc2)cc1. The van der Waals surface area contributed by atoms with Crippen LogP contribution in [-0.4, -0.2) is 21.6 Å². The minimum atomic E-state index is 0.348. The average Bonchev–Trinajstić information content (AvgIpc) is 3.04. The molecule has 24 heavy (non-hydrogen) atoms. The third-order valence-corrected chi connectivity index (χ3v) is 3.69. The second-order valence-electron chi connectivity index (χ2n) is 5.50. The lowest BCUT2D eigenvalue weighted by Crippen LogP contribution is -2.07. The minimum absolute atomic E-state index is 0.348. The quantitative estimate of drug-likeness (QED) is 0.652. The summed E-state index contributed by atoms with van der Waals surface area (Å²) < 4.78 is 7.51. The lowest BCUT2D eigenvalue weighted by atomic mass is 10.1. The summed E-state index contributed by atoms with van der Waals surface area (Å²) in [5.41, 5.74) is 3.26. The Morgan fingerprint density at radius 1 is 1.08 bits per heavy atom. The highest BCUT2D eigenvalue weighted by atomic mass is 16.5. The number of ether oxygens (including phenoxy) is 1. The van der Waals surface area contributed by atoms with E-state index in [4.69, 9.17) is 4.74 Å². The van der Waals surface area contributed by atoms with Gasteiger partial charge in [-0.15, -0.1) is 5.10 Å². The summed E-state index contributed by atoms with van der Waals surface area (Å²) in [6, 6.07) is 19.8. The van der Waals surface area contributed by atoms with Crippen LogP contribution in [0.5, 0.6) is 5.75 Å². The first-order valence-corrected chi connectivity index (χ1v) is 7.86. The monoisotopic (exact) mass is 318 g/mol. The highest BCUT2D eigenvalue weighted by molar-refractivity contribution is 5.64. The topological polar surface area (TPSA) is 63.7 Å². The van der Waals surface area contributed by atoms with Gasteiger partial charge in [-0.3, -0.25) is 0 Å².